The summed E-state index contributed by atoms with van der Waals surface area (Å²) in [5.41, 5.74) is 1.91. The van der Waals surface area contributed by atoms with Crippen molar-refractivity contribution in [3.05, 3.63) is 0 Å². The van der Waals surface area contributed by atoms with E-state index in [0.29, 0.717) is 6.10 Å². The maximum absolute atomic E-state index is 6.66. The second-order valence-electron chi connectivity index (χ2n) is 7.02. The molecule has 0 atom stereocenters. The molecule has 2 heteroatoms. The van der Waals surface area contributed by atoms with E-state index in [2.05, 4.69) is 20.5 Å². The summed E-state index contributed by atoms with van der Waals surface area (Å²) in [6.45, 7) is 7.08. The third kappa shape index (κ3) is 3.48. The minimum atomic E-state index is -1.51. The zero-order valence-electron chi connectivity index (χ0n) is 12.7. The first kappa shape index (κ1) is 14.8. The molecule has 108 valence electrons. The Hall–Kier alpha value is 0.390. The number of hydrogen-bond acceptors (Lipinski definition) is 1. The van der Waals surface area contributed by atoms with E-state index in [0.717, 1.165) is 11.3 Å². The molecule has 0 aromatic heterocycles. The van der Waals surface area contributed by atoms with Crippen LogP contribution in [0.4, 0.5) is 0 Å². The first-order chi connectivity index (χ1) is 8.63. The van der Waals surface area contributed by atoms with Crippen molar-refractivity contribution in [3.63, 3.8) is 0 Å². The molecule has 0 N–H and O–H groups in total. The molecule has 2 saturated carbocycles. The molecule has 0 unspecified atom stereocenters. The quantitative estimate of drug-likeness (QED) is 0.625. The van der Waals surface area contributed by atoms with E-state index >= 15 is 0 Å². The van der Waals surface area contributed by atoms with Crippen LogP contribution in [0.5, 0.6) is 0 Å². The van der Waals surface area contributed by atoms with Crippen molar-refractivity contribution in [3.8, 4) is 0 Å². The van der Waals surface area contributed by atoms with Gasteiger partial charge in [0.25, 0.3) is 0 Å². The van der Waals surface area contributed by atoms with Crippen molar-refractivity contribution in [2.24, 2.45) is 0 Å². The van der Waals surface area contributed by atoms with Crippen LogP contribution in [0.2, 0.25) is 0 Å². The first-order valence-corrected chi connectivity index (χ1v) is 10.9. The predicted octanol–water partition coefficient (Wildman–Crippen LogP) is 5.37. The van der Waals surface area contributed by atoms with Gasteiger partial charge in [-0.25, -0.2) is 0 Å². The van der Waals surface area contributed by atoms with Crippen molar-refractivity contribution in [1.82, 2.24) is 0 Å². The fourth-order valence-corrected chi connectivity index (χ4v) is 9.56. The van der Waals surface area contributed by atoms with E-state index in [1.165, 1.54) is 64.2 Å². The summed E-state index contributed by atoms with van der Waals surface area (Å²) in [5, 5.41) is 0. The summed E-state index contributed by atoms with van der Waals surface area (Å²) in [6.07, 6.45) is 15.1. The fourth-order valence-electron chi connectivity index (χ4n) is 4.39. The summed E-state index contributed by atoms with van der Waals surface area (Å²) in [4.78, 5) is 0. The molecule has 2 fully saturated rings. The molecule has 0 bridgehead atoms. The van der Waals surface area contributed by atoms with E-state index < -0.39 is 7.49 Å². The molecular formula is C16H33OP. The van der Waals surface area contributed by atoms with E-state index in [9.17, 15) is 0 Å². The Kier molecular flexibility index (Phi) is 5.51. The molecule has 18 heavy (non-hydrogen) atoms. The Morgan fingerprint density at radius 3 is 1.50 bits per heavy atom. The van der Waals surface area contributed by atoms with Gasteiger partial charge in [0, 0.05) is 0 Å². The van der Waals surface area contributed by atoms with Crippen LogP contribution >= 0.6 is 7.49 Å². The molecule has 0 aliphatic heterocycles. The third-order valence-corrected chi connectivity index (χ3v) is 10.7. The molecule has 1 nitrogen and oxygen atoms in total. The zero-order valence-corrected chi connectivity index (χ0v) is 13.7. The molecule has 2 rings (SSSR count). The van der Waals surface area contributed by atoms with Gasteiger partial charge < -0.3 is 0 Å². The van der Waals surface area contributed by atoms with Crippen molar-refractivity contribution < 1.29 is 4.52 Å². The van der Waals surface area contributed by atoms with Gasteiger partial charge in [0.05, 0.1) is 0 Å². The third-order valence-electron chi connectivity index (χ3n) is 5.32. The second-order valence-corrected chi connectivity index (χ2v) is 11.3. The molecule has 0 aromatic rings. The van der Waals surface area contributed by atoms with Crippen molar-refractivity contribution in [2.45, 2.75) is 95.5 Å². The predicted molar refractivity (Wildman–Crippen MR) is 84.2 cm³/mol. The van der Waals surface area contributed by atoms with Gasteiger partial charge in [-0.15, -0.1) is 0 Å². The van der Waals surface area contributed by atoms with Crippen LogP contribution in [0, 0.1) is 0 Å². The molecule has 2 aliphatic carbocycles. The molecule has 0 heterocycles. The molecule has 0 spiro atoms. The van der Waals surface area contributed by atoms with Gasteiger partial charge in [-0.1, -0.05) is 0 Å². The van der Waals surface area contributed by atoms with Gasteiger partial charge in [-0.3, -0.25) is 0 Å². The van der Waals surface area contributed by atoms with E-state index in [1.807, 2.05) is 0 Å². The van der Waals surface area contributed by atoms with Crippen LogP contribution in [-0.4, -0.2) is 24.1 Å². The number of hydrogen-bond donors (Lipinski definition) is 0. The van der Waals surface area contributed by atoms with Crippen molar-refractivity contribution in [1.29, 1.82) is 0 Å². The SMILES string of the molecule is CC(C)O[PH](C)(C1CCCCC1)C1CCCCC1. The van der Waals surface area contributed by atoms with Crippen LogP contribution in [0.25, 0.3) is 0 Å². The topological polar surface area (TPSA) is 9.23 Å². The fraction of sp³-hybridized carbons (Fsp3) is 1.00. The summed E-state index contributed by atoms with van der Waals surface area (Å²) in [6, 6.07) is 0. The van der Waals surface area contributed by atoms with E-state index in [1.54, 1.807) is 0 Å². The summed E-state index contributed by atoms with van der Waals surface area (Å²) in [5.74, 6) is 0. The maximum atomic E-state index is 6.66. The summed E-state index contributed by atoms with van der Waals surface area (Å²) < 4.78 is 6.66. The Labute approximate surface area is 114 Å². The Bertz CT molecular complexity index is 221. The standard InChI is InChI=1S/C16H33OP/c1-14(2)17-18(3,15-10-6-4-7-11-15)16-12-8-5-9-13-16/h14-16,18H,4-13H2,1-3H3. The van der Waals surface area contributed by atoms with E-state index in [4.69, 9.17) is 4.52 Å². The molecule has 0 radical (unpaired) electrons. The monoisotopic (exact) mass is 272 g/mol. The normalized spacial score (nSPS) is 25.6. The van der Waals surface area contributed by atoms with Gasteiger partial charge in [0.2, 0.25) is 0 Å². The van der Waals surface area contributed by atoms with Gasteiger partial charge in [0.15, 0.2) is 0 Å². The van der Waals surface area contributed by atoms with Crippen LogP contribution < -0.4 is 0 Å². The molecule has 0 saturated heterocycles. The van der Waals surface area contributed by atoms with Crippen LogP contribution in [0.3, 0.4) is 0 Å². The molecular weight excluding hydrogens is 239 g/mol. The van der Waals surface area contributed by atoms with Gasteiger partial charge in [-0.05, 0) is 0 Å². The van der Waals surface area contributed by atoms with Crippen molar-refractivity contribution >= 4 is 7.49 Å². The molecule has 2 aliphatic rings. The average Bonchev–Trinajstić information content (AvgIpc) is 2.40. The summed E-state index contributed by atoms with van der Waals surface area (Å²) in [7, 11) is -1.51. The Morgan fingerprint density at radius 2 is 1.17 bits per heavy atom. The summed E-state index contributed by atoms with van der Waals surface area (Å²) >= 11 is 0. The first-order valence-electron chi connectivity index (χ1n) is 8.30. The molecule has 0 amide bonds. The zero-order chi connectivity index (χ0) is 13.0. The van der Waals surface area contributed by atoms with Crippen LogP contribution in [-0.2, 0) is 4.52 Å². The number of rotatable bonds is 4. The minimum absolute atomic E-state index is 0.436. The Balaban J connectivity index is 2.09. The van der Waals surface area contributed by atoms with Crippen molar-refractivity contribution in [2.75, 3.05) is 6.66 Å². The van der Waals surface area contributed by atoms with Gasteiger partial charge in [-0.2, -0.15) is 0 Å². The molecule has 0 aromatic carbocycles. The van der Waals surface area contributed by atoms with E-state index in [-0.39, 0.29) is 0 Å². The van der Waals surface area contributed by atoms with Crippen LogP contribution in [0.15, 0.2) is 0 Å². The van der Waals surface area contributed by atoms with Gasteiger partial charge >= 0.3 is 114 Å². The van der Waals surface area contributed by atoms with Crippen LogP contribution in [0.1, 0.15) is 78.1 Å². The second kappa shape index (κ2) is 6.71. The van der Waals surface area contributed by atoms with Gasteiger partial charge in [0.1, 0.15) is 0 Å². The Morgan fingerprint density at radius 1 is 0.778 bits per heavy atom. The average molecular weight is 272 g/mol.